The fraction of sp³-hybridized carbons (Fsp3) is 0.389. The van der Waals surface area contributed by atoms with Gasteiger partial charge in [-0.3, -0.25) is 9.59 Å². The summed E-state index contributed by atoms with van der Waals surface area (Å²) in [6, 6.07) is 6.88. The van der Waals surface area contributed by atoms with E-state index in [0.29, 0.717) is 31.0 Å². The second kappa shape index (κ2) is 8.43. The van der Waals surface area contributed by atoms with Crippen LogP contribution in [0.5, 0.6) is 5.75 Å². The number of amides is 2. The molecular weight excluding hydrogens is 350 g/mol. The van der Waals surface area contributed by atoms with Gasteiger partial charge in [-0.2, -0.15) is 10.1 Å². The zero-order valence-electron chi connectivity index (χ0n) is 15.2. The summed E-state index contributed by atoms with van der Waals surface area (Å²) in [6.07, 6.45) is 1.77. The molecule has 142 valence electrons. The molecule has 1 aliphatic rings. The van der Waals surface area contributed by atoms with Gasteiger partial charge in [-0.25, -0.2) is 5.43 Å². The molecule has 9 nitrogen and oxygen atoms in total. The predicted octanol–water partition coefficient (Wildman–Crippen LogP) is 1.97. The van der Waals surface area contributed by atoms with E-state index in [1.54, 1.807) is 14.0 Å². The Morgan fingerprint density at radius 2 is 2.11 bits per heavy atom. The summed E-state index contributed by atoms with van der Waals surface area (Å²) in [5.41, 5.74) is 4.03. The van der Waals surface area contributed by atoms with E-state index in [1.165, 1.54) is 0 Å². The smallest absolute Gasteiger partial charge is 0.249 e. The Bertz CT molecular complexity index is 844. The van der Waals surface area contributed by atoms with Crippen molar-refractivity contribution in [2.45, 2.75) is 38.6 Å². The Labute approximate surface area is 156 Å². The number of hydrogen-bond acceptors (Lipinski definition) is 7. The van der Waals surface area contributed by atoms with E-state index in [1.807, 2.05) is 24.3 Å². The van der Waals surface area contributed by atoms with Gasteiger partial charge in [0.05, 0.1) is 7.11 Å². The summed E-state index contributed by atoms with van der Waals surface area (Å²) in [4.78, 5) is 27.5. The maximum Gasteiger partial charge on any atom is 0.249 e. The summed E-state index contributed by atoms with van der Waals surface area (Å²) in [5.74, 6) is 1.27. The summed E-state index contributed by atoms with van der Waals surface area (Å²) in [6.45, 7) is 1.78. The third-order valence-corrected chi connectivity index (χ3v) is 4.16. The number of carbonyl (C=O) groups excluding carboxylic acids is 2. The molecule has 1 aliphatic heterocycles. The van der Waals surface area contributed by atoms with E-state index < -0.39 is 6.04 Å². The molecule has 0 saturated heterocycles. The second-order valence-corrected chi connectivity index (χ2v) is 6.19. The molecule has 9 heteroatoms. The van der Waals surface area contributed by atoms with E-state index >= 15 is 0 Å². The fourth-order valence-corrected chi connectivity index (χ4v) is 2.59. The molecule has 1 aromatic carbocycles. The zero-order valence-corrected chi connectivity index (χ0v) is 15.2. The number of nitrogens with one attached hydrogen (secondary N) is 2. The summed E-state index contributed by atoms with van der Waals surface area (Å²) >= 11 is 0. The van der Waals surface area contributed by atoms with Gasteiger partial charge in [-0.15, -0.1) is 0 Å². The van der Waals surface area contributed by atoms with Gasteiger partial charge < -0.3 is 14.6 Å². The van der Waals surface area contributed by atoms with Gasteiger partial charge in [-0.05, 0) is 44.0 Å². The molecular formula is C18H21N5O4. The zero-order chi connectivity index (χ0) is 19.2. The highest BCUT2D eigenvalue weighted by atomic mass is 16.5. The van der Waals surface area contributed by atoms with Gasteiger partial charge >= 0.3 is 0 Å². The van der Waals surface area contributed by atoms with Crippen molar-refractivity contribution in [2.75, 3.05) is 7.11 Å². The van der Waals surface area contributed by atoms with Crippen molar-refractivity contribution < 1.29 is 18.8 Å². The molecule has 1 aromatic heterocycles. The molecule has 0 unspecified atom stereocenters. The number of aromatic nitrogens is 2. The van der Waals surface area contributed by atoms with Gasteiger partial charge in [0.25, 0.3) is 0 Å². The van der Waals surface area contributed by atoms with Crippen molar-refractivity contribution >= 4 is 17.5 Å². The van der Waals surface area contributed by atoms with Crippen molar-refractivity contribution in [2.24, 2.45) is 5.10 Å². The maximum absolute atomic E-state index is 12.1. The molecule has 0 saturated carbocycles. The maximum atomic E-state index is 12.1. The van der Waals surface area contributed by atoms with Gasteiger partial charge in [0.1, 0.15) is 11.8 Å². The normalized spacial score (nSPS) is 14.9. The molecule has 3 rings (SSSR count). The average molecular weight is 371 g/mol. The number of methoxy groups -OCH3 is 1. The number of carbonyl (C=O) groups is 2. The predicted molar refractivity (Wildman–Crippen MR) is 96.9 cm³/mol. The molecule has 2 amide bonds. The lowest BCUT2D eigenvalue weighted by Gasteiger charge is -2.13. The third-order valence-electron chi connectivity index (χ3n) is 4.16. The Kier molecular flexibility index (Phi) is 5.80. The van der Waals surface area contributed by atoms with Crippen molar-refractivity contribution in [3.63, 3.8) is 0 Å². The molecule has 27 heavy (non-hydrogen) atoms. The van der Waals surface area contributed by atoms with E-state index in [9.17, 15) is 9.59 Å². The number of nitrogens with zero attached hydrogens (tertiary/aromatic N) is 3. The topological polar surface area (TPSA) is 119 Å². The molecule has 0 spiro atoms. The van der Waals surface area contributed by atoms with Crippen LogP contribution in [0.4, 0.5) is 0 Å². The highest BCUT2D eigenvalue weighted by Crippen LogP contribution is 2.21. The monoisotopic (exact) mass is 371 g/mol. The molecule has 0 aliphatic carbocycles. The quantitative estimate of drug-likeness (QED) is 0.768. The van der Waals surface area contributed by atoms with Crippen LogP contribution in [0, 0.1) is 0 Å². The summed E-state index contributed by atoms with van der Waals surface area (Å²) in [5, 5.41) is 10.7. The van der Waals surface area contributed by atoms with Gasteiger partial charge in [0.2, 0.25) is 23.5 Å². The first-order valence-corrected chi connectivity index (χ1v) is 8.67. The van der Waals surface area contributed by atoms with Crippen LogP contribution < -0.4 is 15.5 Å². The van der Waals surface area contributed by atoms with Crippen LogP contribution in [-0.4, -0.2) is 34.8 Å². The summed E-state index contributed by atoms with van der Waals surface area (Å²) < 4.78 is 10.4. The minimum Gasteiger partial charge on any atom is -0.497 e. The van der Waals surface area contributed by atoms with Gasteiger partial charge in [-0.1, -0.05) is 5.16 Å². The van der Waals surface area contributed by atoms with Crippen LogP contribution in [0.1, 0.15) is 44.5 Å². The van der Waals surface area contributed by atoms with Crippen molar-refractivity contribution in [3.8, 4) is 17.1 Å². The summed E-state index contributed by atoms with van der Waals surface area (Å²) in [7, 11) is 1.60. The van der Waals surface area contributed by atoms with Crippen LogP contribution >= 0.6 is 0 Å². The molecule has 0 radical (unpaired) electrons. The average Bonchev–Trinajstić information content (AvgIpc) is 3.18. The van der Waals surface area contributed by atoms with E-state index in [2.05, 4.69) is 26.0 Å². The minimum absolute atomic E-state index is 0.0964. The fourth-order valence-electron chi connectivity index (χ4n) is 2.59. The van der Waals surface area contributed by atoms with Gasteiger partial charge in [0.15, 0.2) is 0 Å². The first-order valence-electron chi connectivity index (χ1n) is 8.67. The highest BCUT2D eigenvalue weighted by Gasteiger charge is 2.18. The molecule has 0 fully saturated rings. The van der Waals surface area contributed by atoms with Crippen LogP contribution in [0.3, 0.4) is 0 Å². The highest BCUT2D eigenvalue weighted by molar-refractivity contribution is 5.94. The Morgan fingerprint density at radius 1 is 1.33 bits per heavy atom. The van der Waals surface area contributed by atoms with E-state index in [4.69, 9.17) is 9.26 Å². The largest absolute Gasteiger partial charge is 0.497 e. The van der Waals surface area contributed by atoms with Crippen LogP contribution in [0.2, 0.25) is 0 Å². The third kappa shape index (κ3) is 4.90. The lowest BCUT2D eigenvalue weighted by atomic mass is 10.1. The van der Waals surface area contributed by atoms with Gasteiger partial charge in [0, 0.05) is 24.1 Å². The second-order valence-electron chi connectivity index (χ2n) is 6.19. The van der Waals surface area contributed by atoms with Crippen molar-refractivity contribution in [1.29, 1.82) is 0 Å². The van der Waals surface area contributed by atoms with Crippen molar-refractivity contribution in [3.05, 3.63) is 30.2 Å². The van der Waals surface area contributed by atoms with E-state index in [0.717, 1.165) is 17.0 Å². The van der Waals surface area contributed by atoms with Crippen LogP contribution in [0.15, 0.2) is 33.9 Å². The first kappa shape index (κ1) is 18.6. The number of ether oxygens (including phenoxy) is 1. The number of hydrogen-bond donors (Lipinski definition) is 2. The van der Waals surface area contributed by atoms with Crippen LogP contribution in [-0.2, 0) is 9.59 Å². The molecule has 1 atom stereocenters. The molecule has 0 bridgehead atoms. The Morgan fingerprint density at radius 3 is 2.78 bits per heavy atom. The molecule has 2 aromatic rings. The van der Waals surface area contributed by atoms with E-state index in [-0.39, 0.29) is 18.2 Å². The SMILES string of the molecule is COc1ccc(-c2noc([C@@H](C)NC(=O)CCC3=NNC(=O)CC3)n2)cc1. The standard InChI is InChI=1S/C18H21N5O4/c1-11(19-15(24)9-5-13-6-10-16(25)22-21-13)18-20-17(23-27-18)12-3-7-14(26-2)8-4-12/h3-4,7-8,11H,5-6,9-10H2,1-2H3,(H,19,24)(H,22,25)/t11-/m1/s1. The van der Waals surface area contributed by atoms with Crippen molar-refractivity contribution in [1.82, 2.24) is 20.9 Å². The Balaban J connectivity index is 1.53. The lowest BCUT2D eigenvalue weighted by Crippen LogP contribution is -2.29. The molecule has 2 heterocycles. The van der Waals surface area contributed by atoms with Crippen LogP contribution in [0.25, 0.3) is 11.4 Å². The number of benzene rings is 1. The number of rotatable bonds is 7. The first-order chi connectivity index (χ1) is 13.0. The molecule has 2 N–H and O–H groups in total. The lowest BCUT2D eigenvalue weighted by molar-refractivity contribution is -0.122. The Hall–Kier alpha value is -3.23. The number of hydrazone groups is 1. The minimum atomic E-state index is -0.412.